The van der Waals surface area contributed by atoms with E-state index in [1.165, 1.54) is 18.2 Å². The molecule has 0 bridgehead atoms. The van der Waals surface area contributed by atoms with Crippen molar-refractivity contribution in [2.45, 2.75) is 0 Å². The number of phenolic OH excluding ortho intramolecular Hbond substituents is 2. The number of rotatable bonds is 1. The Labute approximate surface area is 117 Å². The van der Waals surface area contributed by atoms with Crippen LogP contribution >= 0.6 is 0 Å². The fourth-order valence-electron chi connectivity index (χ4n) is 2.41. The summed E-state index contributed by atoms with van der Waals surface area (Å²) in [5, 5.41) is 28.6. The fraction of sp³-hybridized carbons (Fsp3) is 0. The Hall–Kier alpha value is -3.15. The van der Waals surface area contributed by atoms with E-state index < -0.39 is 23.3 Å². The number of hydrogen-bond donors (Lipinski definition) is 3. The molecule has 0 saturated carbocycles. The molecule has 0 aromatic heterocycles. The quantitative estimate of drug-likeness (QED) is 0.626. The molecule has 0 unspecified atom stereocenters. The topological polar surface area (TPSA) is 112 Å². The Balaban J connectivity index is 2.36. The molecule has 6 nitrogen and oxygen atoms in total. The molecule has 21 heavy (non-hydrogen) atoms. The molecule has 3 N–H and O–H groups in total. The Morgan fingerprint density at radius 3 is 2.19 bits per heavy atom. The van der Waals surface area contributed by atoms with Gasteiger partial charge in [0.05, 0.1) is 16.7 Å². The third kappa shape index (κ3) is 1.69. The molecule has 0 heterocycles. The number of carbonyl (C=O) groups excluding carboxylic acids is 2. The molecule has 6 heteroatoms. The number of ketones is 2. The van der Waals surface area contributed by atoms with Crippen LogP contribution in [-0.4, -0.2) is 32.9 Å². The minimum atomic E-state index is -1.32. The lowest BCUT2D eigenvalue weighted by Gasteiger charge is -2.19. The van der Waals surface area contributed by atoms with Gasteiger partial charge in [-0.15, -0.1) is 0 Å². The van der Waals surface area contributed by atoms with Crippen LogP contribution in [0.15, 0.2) is 30.3 Å². The van der Waals surface area contributed by atoms with Gasteiger partial charge in [0.25, 0.3) is 0 Å². The van der Waals surface area contributed by atoms with Crippen LogP contribution in [0.2, 0.25) is 0 Å². The number of benzene rings is 2. The van der Waals surface area contributed by atoms with E-state index in [1.54, 1.807) is 0 Å². The summed E-state index contributed by atoms with van der Waals surface area (Å²) in [6, 6.07) is 5.98. The normalized spacial score (nSPS) is 12.8. The van der Waals surface area contributed by atoms with E-state index in [2.05, 4.69) is 0 Å². The Morgan fingerprint density at radius 2 is 1.52 bits per heavy atom. The number of hydrogen-bond acceptors (Lipinski definition) is 5. The average Bonchev–Trinajstić information content (AvgIpc) is 2.43. The van der Waals surface area contributed by atoms with Crippen LogP contribution in [-0.2, 0) is 0 Å². The minimum Gasteiger partial charge on any atom is -0.507 e. The molecule has 0 spiro atoms. The van der Waals surface area contributed by atoms with E-state index in [4.69, 9.17) is 5.11 Å². The predicted octanol–water partition coefficient (Wildman–Crippen LogP) is 1.57. The number of carboxylic acids is 1. The number of phenols is 2. The number of aromatic hydroxyl groups is 2. The van der Waals surface area contributed by atoms with Gasteiger partial charge in [-0.25, -0.2) is 4.79 Å². The summed E-state index contributed by atoms with van der Waals surface area (Å²) < 4.78 is 0. The Kier molecular flexibility index (Phi) is 2.56. The molecule has 0 fully saturated rings. The van der Waals surface area contributed by atoms with Gasteiger partial charge in [-0.1, -0.05) is 12.1 Å². The molecular weight excluding hydrogens is 279 g/mol. The summed E-state index contributed by atoms with van der Waals surface area (Å²) in [7, 11) is 0. The summed E-state index contributed by atoms with van der Waals surface area (Å²) in [5.74, 6) is -3.62. The van der Waals surface area contributed by atoms with Gasteiger partial charge in [0.1, 0.15) is 11.5 Å². The summed E-state index contributed by atoms with van der Waals surface area (Å²) in [6.45, 7) is 0. The summed E-state index contributed by atoms with van der Waals surface area (Å²) in [5.41, 5.74) is -0.978. The highest BCUT2D eigenvalue weighted by atomic mass is 16.4. The molecule has 2 aromatic carbocycles. The smallest absolute Gasteiger partial charge is 0.335 e. The zero-order valence-electron chi connectivity index (χ0n) is 10.5. The van der Waals surface area contributed by atoms with Crippen molar-refractivity contribution in [2.75, 3.05) is 0 Å². The van der Waals surface area contributed by atoms with Crippen molar-refractivity contribution in [2.24, 2.45) is 0 Å². The van der Waals surface area contributed by atoms with Gasteiger partial charge >= 0.3 is 5.97 Å². The fourth-order valence-corrected chi connectivity index (χ4v) is 2.41. The third-order valence-electron chi connectivity index (χ3n) is 3.35. The molecule has 2 aromatic rings. The predicted molar refractivity (Wildman–Crippen MR) is 70.0 cm³/mol. The van der Waals surface area contributed by atoms with Crippen molar-refractivity contribution >= 4 is 17.5 Å². The largest absolute Gasteiger partial charge is 0.507 e. The van der Waals surface area contributed by atoms with Crippen LogP contribution in [0.4, 0.5) is 0 Å². The first kappa shape index (κ1) is 12.9. The first-order valence-corrected chi connectivity index (χ1v) is 5.93. The average molecular weight is 287 g/mol. The highest BCUT2D eigenvalue weighted by Gasteiger charge is 2.34. The van der Waals surface area contributed by atoms with Gasteiger partial charge in [0.15, 0.2) is 5.78 Å². The lowest BCUT2D eigenvalue weighted by atomic mass is 9.87. The number of fused-ring (bicyclic) bond motifs is 2. The second-order valence-electron chi connectivity index (χ2n) is 4.58. The van der Waals surface area contributed by atoms with Gasteiger partial charge in [0, 0.05) is 11.1 Å². The molecule has 0 radical (unpaired) electrons. The van der Waals surface area contributed by atoms with Gasteiger partial charge in [-0.3, -0.25) is 9.59 Å². The maximum atomic E-state index is 12.4. The summed E-state index contributed by atoms with van der Waals surface area (Å²) >= 11 is 0. The first-order valence-electron chi connectivity index (χ1n) is 5.93. The molecule has 0 amide bonds. The molecule has 0 aliphatic heterocycles. The summed E-state index contributed by atoms with van der Waals surface area (Å²) in [4.78, 5) is 35.7. The van der Waals surface area contributed by atoms with E-state index in [0.29, 0.717) is 0 Å². The monoisotopic (exact) mass is 287 g/mol. The van der Waals surface area contributed by atoms with Crippen molar-refractivity contribution in [3.8, 4) is 11.5 Å². The molecule has 3 rings (SSSR count). The maximum Gasteiger partial charge on any atom is 0.335 e. The van der Waals surface area contributed by atoms with Crippen LogP contribution in [0.1, 0.15) is 42.2 Å². The maximum absolute atomic E-state index is 12.4. The van der Waals surface area contributed by atoms with E-state index in [0.717, 1.165) is 12.1 Å². The lowest BCUT2D eigenvalue weighted by Crippen LogP contribution is -2.22. The molecular formula is C15H8O6. The molecule has 1 aliphatic rings. The molecule has 104 valence electrons. The zero-order valence-corrected chi connectivity index (χ0v) is 10.5. The highest BCUT2D eigenvalue weighted by molar-refractivity contribution is 6.30. The molecule has 0 atom stereocenters. The highest BCUT2D eigenvalue weighted by Crippen LogP contribution is 2.37. The minimum absolute atomic E-state index is 0.0190. The van der Waals surface area contributed by atoms with Crippen LogP contribution in [0.5, 0.6) is 11.5 Å². The lowest BCUT2D eigenvalue weighted by molar-refractivity contribution is 0.0695. The van der Waals surface area contributed by atoms with E-state index >= 15 is 0 Å². The van der Waals surface area contributed by atoms with Crippen molar-refractivity contribution in [3.63, 3.8) is 0 Å². The second-order valence-corrected chi connectivity index (χ2v) is 4.58. The molecule has 1 aliphatic carbocycles. The van der Waals surface area contributed by atoms with Crippen LogP contribution in [0.25, 0.3) is 0 Å². The number of carbonyl (C=O) groups is 3. The van der Waals surface area contributed by atoms with Gasteiger partial charge in [-0.2, -0.15) is 0 Å². The van der Waals surface area contributed by atoms with E-state index in [1.807, 2.05) is 0 Å². The van der Waals surface area contributed by atoms with Gasteiger partial charge in [-0.05, 0) is 18.2 Å². The number of carboxylic acid groups (broad SMARTS) is 1. The third-order valence-corrected chi connectivity index (χ3v) is 3.35. The van der Waals surface area contributed by atoms with Crippen LogP contribution in [0.3, 0.4) is 0 Å². The first-order chi connectivity index (χ1) is 9.91. The van der Waals surface area contributed by atoms with Crippen LogP contribution < -0.4 is 0 Å². The van der Waals surface area contributed by atoms with E-state index in [-0.39, 0.29) is 33.6 Å². The Morgan fingerprint density at radius 1 is 0.857 bits per heavy atom. The van der Waals surface area contributed by atoms with Crippen LogP contribution in [0, 0.1) is 0 Å². The van der Waals surface area contributed by atoms with Crippen molar-refractivity contribution in [3.05, 3.63) is 58.1 Å². The van der Waals surface area contributed by atoms with Crippen molar-refractivity contribution < 1.29 is 29.7 Å². The zero-order chi connectivity index (χ0) is 15.3. The Bertz CT molecular complexity index is 834. The van der Waals surface area contributed by atoms with Gasteiger partial charge in [0.2, 0.25) is 5.78 Å². The molecule has 0 saturated heterocycles. The summed E-state index contributed by atoms with van der Waals surface area (Å²) in [6.07, 6.45) is 0. The van der Waals surface area contributed by atoms with Crippen molar-refractivity contribution in [1.82, 2.24) is 0 Å². The second kappa shape index (κ2) is 4.17. The van der Waals surface area contributed by atoms with Gasteiger partial charge < -0.3 is 15.3 Å². The standard InChI is InChI=1S/C15H8O6/c16-9-3-1-2-7-11(9)14(19)12-8(13(7)18)4-6(15(20)21)5-10(12)17/h1-5,16-17H,(H,20,21)/i4+1,5+1,10+1. The van der Waals surface area contributed by atoms with E-state index in [9.17, 15) is 24.6 Å². The number of aromatic carboxylic acids is 1. The van der Waals surface area contributed by atoms with Crippen molar-refractivity contribution in [1.29, 1.82) is 0 Å². The SMILES string of the molecule is O=C(O)c1[13cH]c2c([13c](O)[13cH]1)C(=O)c1c(O)cccc1C2=O.